The van der Waals surface area contributed by atoms with Crippen LogP contribution in [0.2, 0.25) is 0 Å². The maximum atomic E-state index is 14.1. The van der Waals surface area contributed by atoms with Gasteiger partial charge >= 0.3 is 0 Å². The lowest BCUT2D eigenvalue weighted by Gasteiger charge is -2.44. The summed E-state index contributed by atoms with van der Waals surface area (Å²) in [6.45, 7) is 15.5. The number of rotatable bonds is 9. The van der Waals surface area contributed by atoms with E-state index in [4.69, 9.17) is 4.98 Å². The van der Waals surface area contributed by atoms with Crippen molar-refractivity contribution in [2.45, 2.75) is 70.0 Å². The number of aryl methyl sites for hydroxylation is 1. The first-order chi connectivity index (χ1) is 18.3. The van der Waals surface area contributed by atoms with E-state index in [1.54, 1.807) is 6.92 Å². The van der Waals surface area contributed by atoms with Gasteiger partial charge in [-0.2, -0.15) is 0 Å². The molecule has 2 aliphatic heterocycles. The van der Waals surface area contributed by atoms with Crippen LogP contribution in [0.3, 0.4) is 0 Å². The molecule has 4 nitrogen and oxygen atoms in total. The Morgan fingerprint density at radius 2 is 1.97 bits per heavy atom. The quantitative estimate of drug-likeness (QED) is 0.352. The fraction of sp³-hybridized carbons (Fsp3) is 0.485. The molecule has 1 aromatic heterocycles. The van der Waals surface area contributed by atoms with Gasteiger partial charge < -0.3 is 15.1 Å². The largest absolute Gasteiger partial charge is 0.388 e. The fourth-order valence-corrected chi connectivity index (χ4v) is 6.57. The lowest BCUT2D eigenvalue weighted by Crippen LogP contribution is -2.44. The summed E-state index contributed by atoms with van der Waals surface area (Å²) in [5, 5.41) is 3.32. The highest BCUT2D eigenvalue weighted by Crippen LogP contribution is 2.42. The Kier molecular flexibility index (Phi) is 7.76. The second-order valence-electron chi connectivity index (χ2n) is 11.7. The summed E-state index contributed by atoms with van der Waals surface area (Å²) in [6.07, 6.45) is 14.1. The van der Waals surface area contributed by atoms with E-state index in [0.717, 1.165) is 74.0 Å². The van der Waals surface area contributed by atoms with Crippen molar-refractivity contribution in [1.29, 1.82) is 0 Å². The Morgan fingerprint density at radius 3 is 2.63 bits per heavy atom. The molecule has 1 aliphatic carbocycles. The number of pyridine rings is 1. The first kappa shape index (κ1) is 26.7. The van der Waals surface area contributed by atoms with Crippen LogP contribution in [0.15, 0.2) is 61.5 Å². The highest BCUT2D eigenvalue weighted by Gasteiger charge is 2.36. The van der Waals surface area contributed by atoms with E-state index in [2.05, 4.69) is 65.7 Å². The molecule has 1 saturated heterocycles. The number of likely N-dealkylation sites (tertiary alicyclic amines) is 1. The van der Waals surface area contributed by atoms with Gasteiger partial charge in [0.05, 0.1) is 0 Å². The molecule has 0 radical (unpaired) electrons. The molecule has 1 atom stereocenters. The van der Waals surface area contributed by atoms with Crippen molar-refractivity contribution in [2.75, 3.05) is 36.9 Å². The zero-order chi connectivity index (χ0) is 26.9. The van der Waals surface area contributed by atoms with Gasteiger partial charge in [-0.25, -0.2) is 9.37 Å². The smallest absolute Gasteiger partial charge is 0.140 e. The zero-order valence-corrected chi connectivity index (χ0v) is 23.3. The Balaban J connectivity index is 1.18. The monoisotopic (exact) mass is 514 g/mol. The van der Waals surface area contributed by atoms with Gasteiger partial charge in [-0.05, 0) is 118 Å². The van der Waals surface area contributed by atoms with E-state index in [0.29, 0.717) is 6.04 Å². The number of nitrogens with one attached hydrogen (secondary N) is 1. The molecule has 0 amide bonds. The van der Waals surface area contributed by atoms with Crippen LogP contribution in [0, 0.1) is 5.92 Å². The van der Waals surface area contributed by atoms with Gasteiger partial charge in [0.1, 0.15) is 12.0 Å². The summed E-state index contributed by atoms with van der Waals surface area (Å²) >= 11 is 0. The Morgan fingerprint density at radius 1 is 1.21 bits per heavy atom. The van der Waals surface area contributed by atoms with Gasteiger partial charge in [0.25, 0.3) is 0 Å². The molecule has 2 aromatic rings. The van der Waals surface area contributed by atoms with Crippen LogP contribution in [0.1, 0.15) is 74.4 Å². The first-order valence-corrected chi connectivity index (χ1v) is 14.3. The zero-order valence-electron chi connectivity index (χ0n) is 23.3. The predicted octanol–water partition coefficient (Wildman–Crippen LogP) is 7.45. The minimum Gasteiger partial charge on any atom is -0.388 e. The molecule has 5 rings (SSSR count). The number of nitrogens with zero attached hydrogens (tertiary/aromatic N) is 3. The van der Waals surface area contributed by atoms with Crippen molar-refractivity contribution in [3.05, 3.63) is 83.7 Å². The highest BCUT2D eigenvalue weighted by molar-refractivity contribution is 5.74. The number of hydrogen-bond acceptors (Lipinski definition) is 4. The molecule has 3 heterocycles. The molecule has 3 aliphatic rings. The normalized spacial score (nSPS) is 23.5. The van der Waals surface area contributed by atoms with E-state index >= 15 is 0 Å². The van der Waals surface area contributed by atoms with Crippen LogP contribution in [0.4, 0.5) is 15.9 Å². The second-order valence-corrected chi connectivity index (χ2v) is 11.7. The Hall–Kier alpha value is -2.92. The number of alkyl halides is 1. The van der Waals surface area contributed by atoms with Gasteiger partial charge in [0.15, 0.2) is 0 Å². The van der Waals surface area contributed by atoms with Crippen molar-refractivity contribution in [2.24, 2.45) is 5.92 Å². The third-order valence-corrected chi connectivity index (χ3v) is 9.05. The van der Waals surface area contributed by atoms with Gasteiger partial charge in [-0.3, -0.25) is 0 Å². The molecule has 1 N–H and O–H groups in total. The summed E-state index contributed by atoms with van der Waals surface area (Å²) in [6, 6.07) is 8.81. The van der Waals surface area contributed by atoms with Crippen molar-refractivity contribution >= 4 is 17.6 Å². The minimum atomic E-state index is -0.973. The Labute approximate surface area is 228 Å². The number of piperidine rings is 1. The lowest BCUT2D eigenvalue weighted by atomic mass is 9.71. The van der Waals surface area contributed by atoms with Gasteiger partial charge in [0.2, 0.25) is 0 Å². The fourth-order valence-electron chi connectivity index (χ4n) is 6.57. The van der Waals surface area contributed by atoms with Crippen molar-refractivity contribution in [1.82, 2.24) is 9.88 Å². The van der Waals surface area contributed by atoms with Gasteiger partial charge in [-0.15, -0.1) is 6.58 Å². The van der Waals surface area contributed by atoms with Crippen LogP contribution >= 0.6 is 0 Å². The number of benzene rings is 1. The number of anilines is 2. The molecule has 1 unspecified atom stereocenters. The summed E-state index contributed by atoms with van der Waals surface area (Å²) in [4.78, 5) is 9.82. The average molecular weight is 515 g/mol. The maximum Gasteiger partial charge on any atom is 0.140 e. The van der Waals surface area contributed by atoms with E-state index in [1.807, 2.05) is 25.2 Å². The standard InChI is InChI=1S/C33H43FN4/c1-6-33(30-21-27(25(4)34)11-12-31(30)35-5)13-16-37(17-14-33)15-7-8-26-20-28-10-9-24(3)38(32(28)36-22-26)29-18-23(2)19-29/h6,9-12,20-23,25,29,35H,1,3,7-8,13-19H2,2,4-5H3. The van der Waals surface area contributed by atoms with Crippen LogP contribution in [0.5, 0.6) is 0 Å². The second kappa shape index (κ2) is 11.1. The average Bonchev–Trinajstić information content (AvgIpc) is 2.91. The van der Waals surface area contributed by atoms with Crippen molar-refractivity contribution < 1.29 is 4.39 Å². The molecule has 202 valence electrons. The first-order valence-electron chi connectivity index (χ1n) is 14.3. The van der Waals surface area contributed by atoms with E-state index in [-0.39, 0.29) is 5.41 Å². The molecule has 1 aromatic carbocycles. The maximum absolute atomic E-state index is 14.1. The number of aromatic nitrogens is 1. The lowest BCUT2D eigenvalue weighted by molar-refractivity contribution is 0.181. The Bertz CT molecular complexity index is 1200. The molecule has 0 bridgehead atoms. The van der Waals surface area contributed by atoms with E-state index in [1.165, 1.54) is 29.5 Å². The summed E-state index contributed by atoms with van der Waals surface area (Å²) in [7, 11) is 1.94. The van der Waals surface area contributed by atoms with Crippen LogP contribution in [-0.2, 0) is 11.8 Å². The number of allylic oxidation sites excluding steroid dienone is 2. The molecule has 0 spiro atoms. The summed E-state index contributed by atoms with van der Waals surface area (Å²) < 4.78 is 14.1. The van der Waals surface area contributed by atoms with E-state index < -0.39 is 6.17 Å². The number of hydrogen-bond donors (Lipinski definition) is 1. The number of fused-ring (bicyclic) bond motifs is 1. The van der Waals surface area contributed by atoms with Crippen LogP contribution in [0.25, 0.3) is 6.08 Å². The van der Waals surface area contributed by atoms with Crippen LogP contribution < -0.4 is 10.2 Å². The molecule has 38 heavy (non-hydrogen) atoms. The molecular weight excluding hydrogens is 471 g/mol. The van der Waals surface area contributed by atoms with E-state index in [9.17, 15) is 4.39 Å². The molecular formula is C33H43FN4. The third-order valence-electron chi connectivity index (χ3n) is 9.05. The number of halogens is 1. The summed E-state index contributed by atoms with van der Waals surface area (Å²) in [5.74, 6) is 1.87. The molecule has 1 saturated carbocycles. The SMILES string of the molecule is C=CC1(c2cc(C(C)F)ccc2NC)CCN(CCCc2cnc3c(c2)C=CC(=C)N3C2CC(C)C2)CC1. The van der Waals surface area contributed by atoms with Crippen molar-refractivity contribution in [3.8, 4) is 0 Å². The topological polar surface area (TPSA) is 31.4 Å². The summed E-state index contributed by atoms with van der Waals surface area (Å²) in [5.41, 5.74) is 6.45. The highest BCUT2D eigenvalue weighted by atomic mass is 19.1. The van der Waals surface area contributed by atoms with Crippen LogP contribution in [-0.4, -0.2) is 42.6 Å². The van der Waals surface area contributed by atoms with Gasteiger partial charge in [0, 0.05) is 41.6 Å². The predicted molar refractivity (Wildman–Crippen MR) is 158 cm³/mol. The van der Waals surface area contributed by atoms with Crippen molar-refractivity contribution in [3.63, 3.8) is 0 Å². The third kappa shape index (κ3) is 5.18. The molecule has 5 heteroatoms. The molecule has 2 fully saturated rings. The van der Waals surface area contributed by atoms with Gasteiger partial charge in [-0.1, -0.05) is 25.6 Å². The minimum absolute atomic E-state index is 0.122.